The molecule has 0 fully saturated rings. The van der Waals surface area contributed by atoms with Crippen LogP contribution in [-0.4, -0.2) is 32.7 Å². The number of hydrogen-bond donors (Lipinski definition) is 2. The van der Waals surface area contributed by atoms with Crippen molar-refractivity contribution < 1.29 is 9.53 Å². The average molecular weight is 268 g/mol. The van der Waals surface area contributed by atoms with Crippen molar-refractivity contribution in [1.29, 1.82) is 5.26 Å². The first kappa shape index (κ1) is 14.3. The lowest BCUT2D eigenvalue weighted by molar-refractivity contribution is -0.119. The van der Waals surface area contributed by atoms with Crippen LogP contribution in [0.1, 0.15) is 5.56 Å². The Kier molecular flexibility index (Phi) is 5.98. The van der Waals surface area contributed by atoms with Gasteiger partial charge in [0, 0.05) is 13.7 Å². The summed E-state index contributed by atoms with van der Waals surface area (Å²) in [5.74, 6) is -0.146. The number of hydrogen-bond acceptors (Lipinski definition) is 4. The average Bonchev–Trinajstić information content (AvgIpc) is 2.37. The van der Waals surface area contributed by atoms with E-state index >= 15 is 0 Å². The molecule has 0 saturated heterocycles. The molecule has 0 unspecified atom stereocenters. The summed E-state index contributed by atoms with van der Waals surface area (Å²) in [6.07, 6.45) is 0. The SMILES string of the molecule is COCCNC(=O)CNc1ccc(C#N)cc1Cl. The number of anilines is 1. The molecule has 1 aromatic carbocycles. The lowest BCUT2D eigenvalue weighted by Crippen LogP contribution is -2.32. The minimum Gasteiger partial charge on any atom is -0.383 e. The molecular weight excluding hydrogens is 254 g/mol. The van der Waals surface area contributed by atoms with Crippen LogP contribution in [0, 0.1) is 11.3 Å². The summed E-state index contributed by atoms with van der Waals surface area (Å²) >= 11 is 5.95. The number of nitrogens with one attached hydrogen (secondary N) is 2. The second-order valence-electron chi connectivity index (χ2n) is 3.50. The molecule has 1 aromatic rings. The highest BCUT2D eigenvalue weighted by atomic mass is 35.5. The van der Waals surface area contributed by atoms with Crippen LogP contribution >= 0.6 is 11.6 Å². The van der Waals surface area contributed by atoms with Gasteiger partial charge < -0.3 is 15.4 Å². The second kappa shape index (κ2) is 7.54. The summed E-state index contributed by atoms with van der Waals surface area (Å²) in [6.45, 7) is 1.07. The molecule has 1 rings (SSSR count). The normalized spacial score (nSPS) is 9.61. The summed E-state index contributed by atoms with van der Waals surface area (Å²) in [5, 5.41) is 14.7. The van der Waals surface area contributed by atoms with Crippen molar-refractivity contribution in [3.05, 3.63) is 28.8 Å². The molecule has 96 valence electrons. The third-order valence-corrected chi connectivity index (χ3v) is 2.48. The van der Waals surface area contributed by atoms with E-state index in [-0.39, 0.29) is 12.5 Å². The standard InChI is InChI=1S/C12H14ClN3O2/c1-18-5-4-15-12(17)8-16-11-3-2-9(7-14)6-10(11)13/h2-3,6,16H,4-5,8H2,1H3,(H,15,17). The summed E-state index contributed by atoms with van der Waals surface area (Å²) in [4.78, 5) is 11.4. The Morgan fingerprint density at radius 1 is 1.56 bits per heavy atom. The fraction of sp³-hybridized carbons (Fsp3) is 0.333. The van der Waals surface area contributed by atoms with Crippen LogP contribution < -0.4 is 10.6 Å². The highest BCUT2D eigenvalue weighted by Gasteiger charge is 2.04. The second-order valence-corrected chi connectivity index (χ2v) is 3.91. The van der Waals surface area contributed by atoms with E-state index in [1.807, 2.05) is 6.07 Å². The molecule has 0 radical (unpaired) electrons. The van der Waals surface area contributed by atoms with Crippen molar-refractivity contribution in [2.45, 2.75) is 0 Å². The quantitative estimate of drug-likeness (QED) is 0.764. The van der Waals surface area contributed by atoms with Gasteiger partial charge in [-0.1, -0.05) is 11.6 Å². The molecule has 0 aliphatic heterocycles. The topological polar surface area (TPSA) is 74.2 Å². The van der Waals surface area contributed by atoms with Gasteiger partial charge in [-0.3, -0.25) is 4.79 Å². The Balaban J connectivity index is 2.44. The van der Waals surface area contributed by atoms with Crippen LogP contribution in [0.4, 0.5) is 5.69 Å². The number of carbonyl (C=O) groups is 1. The molecule has 0 aliphatic rings. The van der Waals surface area contributed by atoms with E-state index in [2.05, 4.69) is 10.6 Å². The number of ether oxygens (including phenoxy) is 1. The largest absolute Gasteiger partial charge is 0.383 e. The molecule has 0 aliphatic carbocycles. The van der Waals surface area contributed by atoms with Crippen LogP contribution in [0.3, 0.4) is 0 Å². The minimum atomic E-state index is -0.146. The molecule has 18 heavy (non-hydrogen) atoms. The maximum atomic E-state index is 11.4. The van der Waals surface area contributed by atoms with E-state index in [9.17, 15) is 4.79 Å². The number of nitrogens with zero attached hydrogens (tertiary/aromatic N) is 1. The highest BCUT2D eigenvalue weighted by Crippen LogP contribution is 2.22. The Hall–Kier alpha value is -1.77. The van der Waals surface area contributed by atoms with Crippen molar-refractivity contribution in [2.24, 2.45) is 0 Å². The minimum absolute atomic E-state index is 0.120. The van der Waals surface area contributed by atoms with E-state index < -0.39 is 0 Å². The Labute approximate surface area is 111 Å². The van der Waals surface area contributed by atoms with Gasteiger partial charge in [0.25, 0.3) is 0 Å². The van der Waals surface area contributed by atoms with Crippen molar-refractivity contribution in [2.75, 3.05) is 32.1 Å². The van der Waals surface area contributed by atoms with Crippen LogP contribution in [0.25, 0.3) is 0 Å². The smallest absolute Gasteiger partial charge is 0.239 e. The van der Waals surface area contributed by atoms with Gasteiger partial charge >= 0.3 is 0 Å². The van der Waals surface area contributed by atoms with Gasteiger partial charge in [0.2, 0.25) is 5.91 Å². The predicted molar refractivity (Wildman–Crippen MR) is 69.5 cm³/mol. The third-order valence-electron chi connectivity index (χ3n) is 2.17. The molecule has 0 spiro atoms. The lowest BCUT2D eigenvalue weighted by Gasteiger charge is -2.09. The number of amides is 1. The number of methoxy groups -OCH3 is 1. The van der Waals surface area contributed by atoms with Crippen molar-refractivity contribution in [3.8, 4) is 6.07 Å². The monoisotopic (exact) mass is 267 g/mol. The Morgan fingerprint density at radius 2 is 2.33 bits per heavy atom. The van der Waals surface area contributed by atoms with Gasteiger partial charge in [0.05, 0.1) is 35.5 Å². The van der Waals surface area contributed by atoms with Gasteiger partial charge in [-0.05, 0) is 18.2 Å². The fourth-order valence-corrected chi connectivity index (χ4v) is 1.51. The van der Waals surface area contributed by atoms with Crippen LogP contribution in [0.5, 0.6) is 0 Å². The molecule has 0 atom stereocenters. The zero-order valence-electron chi connectivity index (χ0n) is 10.00. The zero-order valence-corrected chi connectivity index (χ0v) is 10.8. The number of rotatable bonds is 6. The summed E-state index contributed by atoms with van der Waals surface area (Å²) in [6, 6.07) is 6.84. The molecule has 6 heteroatoms. The van der Waals surface area contributed by atoms with E-state index in [0.29, 0.717) is 29.4 Å². The van der Waals surface area contributed by atoms with Crippen molar-refractivity contribution in [3.63, 3.8) is 0 Å². The highest BCUT2D eigenvalue weighted by molar-refractivity contribution is 6.33. The Bertz CT molecular complexity index is 457. The molecule has 5 nitrogen and oxygen atoms in total. The first-order valence-corrected chi connectivity index (χ1v) is 5.74. The number of nitriles is 1. The van der Waals surface area contributed by atoms with E-state index in [4.69, 9.17) is 21.6 Å². The first-order valence-electron chi connectivity index (χ1n) is 5.36. The van der Waals surface area contributed by atoms with Crippen molar-refractivity contribution in [1.82, 2.24) is 5.32 Å². The van der Waals surface area contributed by atoms with Crippen LogP contribution in [0.2, 0.25) is 5.02 Å². The zero-order chi connectivity index (χ0) is 13.4. The van der Waals surface area contributed by atoms with E-state index in [0.717, 1.165) is 0 Å². The summed E-state index contributed by atoms with van der Waals surface area (Å²) < 4.78 is 4.81. The van der Waals surface area contributed by atoms with E-state index in [1.54, 1.807) is 25.3 Å². The van der Waals surface area contributed by atoms with Gasteiger partial charge in [-0.15, -0.1) is 0 Å². The van der Waals surface area contributed by atoms with Gasteiger partial charge in [0.1, 0.15) is 0 Å². The molecule has 0 saturated carbocycles. The van der Waals surface area contributed by atoms with Gasteiger partial charge in [-0.2, -0.15) is 5.26 Å². The lowest BCUT2D eigenvalue weighted by atomic mass is 10.2. The van der Waals surface area contributed by atoms with Crippen LogP contribution in [0.15, 0.2) is 18.2 Å². The molecule has 0 bridgehead atoms. The molecule has 0 heterocycles. The summed E-state index contributed by atoms with van der Waals surface area (Å²) in [7, 11) is 1.57. The van der Waals surface area contributed by atoms with Gasteiger partial charge in [0.15, 0.2) is 0 Å². The molecule has 1 amide bonds. The van der Waals surface area contributed by atoms with E-state index in [1.165, 1.54) is 0 Å². The number of halogens is 1. The maximum absolute atomic E-state index is 11.4. The fourth-order valence-electron chi connectivity index (χ4n) is 1.26. The van der Waals surface area contributed by atoms with Crippen LogP contribution in [-0.2, 0) is 9.53 Å². The molecular formula is C12H14ClN3O2. The molecule has 0 aromatic heterocycles. The molecule has 2 N–H and O–H groups in total. The Morgan fingerprint density at radius 3 is 2.94 bits per heavy atom. The predicted octanol–water partition coefficient (Wildman–Crippen LogP) is 1.39. The van der Waals surface area contributed by atoms with Gasteiger partial charge in [-0.25, -0.2) is 0 Å². The summed E-state index contributed by atoms with van der Waals surface area (Å²) in [5.41, 5.74) is 1.10. The van der Waals surface area contributed by atoms with Crippen molar-refractivity contribution >= 4 is 23.2 Å². The number of carbonyl (C=O) groups excluding carboxylic acids is 1. The third kappa shape index (κ3) is 4.62. The number of benzene rings is 1. The maximum Gasteiger partial charge on any atom is 0.239 e. The first-order chi connectivity index (χ1) is 8.67.